The van der Waals surface area contributed by atoms with E-state index in [0.29, 0.717) is 11.7 Å². The Morgan fingerprint density at radius 1 is 1.53 bits per heavy atom. The van der Waals surface area contributed by atoms with E-state index in [1.165, 1.54) is 0 Å². The Kier molecular flexibility index (Phi) is 2.60. The Balaban J connectivity index is 2.04. The van der Waals surface area contributed by atoms with Crippen molar-refractivity contribution in [3.8, 4) is 0 Å². The highest BCUT2D eigenvalue weighted by Gasteiger charge is 2.21. The highest BCUT2D eigenvalue weighted by molar-refractivity contribution is 6.28. The molecule has 7 heteroatoms. The van der Waals surface area contributed by atoms with E-state index in [4.69, 9.17) is 16.3 Å². The molecule has 2 aromatic heterocycles. The van der Waals surface area contributed by atoms with E-state index in [9.17, 15) is 0 Å². The van der Waals surface area contributed by atoms with Crippen molar-refractivity contribution < 1.29 is 4.74 Å². The molecular formula is C10H12ClN5O. The summed E-state index contributed by atoms with van der Waals surface area (Å²) < 4.78 is 7.16. The van der Waals surface area contributed by atoms with Crippen molar-refractivity contribution in [3.05, 3.63) is 11.6 Å². The number of nitrogens with one attached hydrogen (secondary N) is 1. The second-order valence-electron chi connectivity index (χ2n) is 4.06. The van der Waals surface area contributed by atoms with Crippen LogP contribution in [0.25, 0.3) is 11.2 Å². The van der Waals surface area contributed by atoms with Gasteiger partial charge < -0.3 is 14.6 Å². The molecule has 1 aliphatic heterocycles. The number of hydrogen-bond acceptors (Lipinski definition) is 5. The molecule has 0 amide bonds. The van der Waals surface area contributed by atoms with Crippen LogP contribution >= 0.6 is 11.6 Å². The predicted octanol–water partition coefficient (Wildman–Crippen LogP) is 1.17. The van der Waals surface area contributed by atoms with Crippen molar-refractivity contribution in [3.63, 3.8) is 0 Å². The molecule has 0 spiro atoms. The number of hydrogen-bond donors (Lipinski definition) is 1. The molecule has 2 aromatic rings. The lowest BCUT2D eigenvalue weighted by Crippen LogP contribution is -2.31. The Morgan fingerprint density at radius 3 is 3.00 bits per heavy atom. The number of anilines is 1. The first kappa shape index (κ1) is 10.7. The van der Waals surface area contributed by atoms with Crippen LogP contribution in [0.1, 0.15) is 0 Å². The summed E-state index contributed by atoms with van der Waals surface area (Å²) in [6.45, 7) is 2.46. The molecule has 3 heterocycles. The number of rotatable bonds is 3. The van der Waals surface area contributed by atoms with E-state index in [0.717, 1.165) is 30.9 Å². The first-order chi connectivity index (χ1) is 8.28. The van der Waals surface area contributed by atoms with Crippen LogP contribution in [0, 0.1) is 5.92 Å². The maximum absolute atomic E-state index is 5.89. The molecule has 3 rings (SSSR count). The minimum atomic E-state index is 0.230. The van der Waals surface area contributed by atoms with Crippen LogP contribution in [0.15, 0.2) is 6.33 Å². The summed E-state index contributed by atoms with van der Waals surface area (Å²) >= 11 is 5.89. The summed E-state index contributed by atoms with van der Waals surface area (Å²) in [5, 5.41) is 3.20. The molecule has 0 bridgehead atoms. The topological polar surface area (TPSA) is 64.9 Å². The predicted molar refractivity (Wildman–Crippen MR) is 64.2 cm³/mol. The van der Waals surface area contributed by atoms with E-state index < -0.39 is 0 Å². The van der Waals surface area contributed by atoms with Gasteiger partial charge in [0.1, 0.15) is 0 Å². The fourth-order valence-corrected chi connectivity index (χ4v) is 2.06. The van der Waals surface area contributed by atoms with Crippen molar-refractivity contribution in [2.45, 2.75) is 6.54 Å². The summed E-state index contributed by atoms with van der Waals surface area (Å²) in [6.07, 6.45) is 1.77. The molecule has 17 heavy (non-hydrogen) atoms. The third-order valence-electron chi connectivity index (χ3n) is 2.84. The van der Waals surface area contributed by atoms with Crippen LogP contribution in [0.5, 0.6) is 0 Å². The largest absolute Gasteiger partial charge is 0.381 e. The molecule has 0 unspecified atom stereocenters. The summed E-state index contributed by atoms with van der Waals surface area (Å²) in [5.41, 5.74) is 1.51. The second-order valence-corrected chi connectivity index (χ2v) is 4.40. The SMILES string of the molecule is CNc1nc(Cl)nc2c1ncn2CC1COC1. The Hall–Kier alpha value is -1.40. The third-order valence-corrected chi connectivity index (χ3v) is 3.00. The maximum atomic E-state index is 5.89. The molecule has 1 fully saturated rings. The molecular weight excluding hydrogens is 242 g/mol. The number of aromatic nitrogens is 4. The van der Waals surface area contributed by atoms with Crippen LogP contribution in [-0.4, -0.2) is 39.8 Å². The van der Waals surface area contributed by atoms with Gasteiger partial charge in [0.05, 0.1) is 19.5 Å². The average Bonchev–Trinajstić information content (AvgIpc) is 2.65. The van der Waals surface area contributed by atoms with Crippen molar-refractivity contribution in [1.29, 1.82) is 0 Å². The van der Waals surface area contributed by atoms with Gasteiger partial charge in [-0.15, -0.1) is 0 Å². The fourth-order valence-electron chi connectivity index (χ4n) is 1.89. The van der Waals surface area contributed by atoms with E-state index in [-0.39, 0.29) is 5.28 Å². The molecule has 0 atom stereocenters. The van der Waals surface area contributed by atoms with Gasteiger partial charge in [-0.2, -0.15) is 9.97 Å². The summed E-state index contributed by atoms with van der Waals surface area (Å²) in [4.78, 5) is 12.6. The number of nitrogens with zero attached hydrogens (tertiary/aromatic N) is 4. The number of halogens is 1. The van der Waals surface area contributed by atoms with Gasteiger partial charge in [0.15, 0.2) is 17.0 Å². The van der Waals surface area contributed by atoms with Crippen molar-refractivity contribution in [2.24, 2.45) is 5.92 Å². The number of fused-ring (bicyclic) bond motifs is 1. The lowest BCUT2D eigenvalue weighted by atomic mass is 10.1. The standard InChI is InChI=1S/C10H12ClN5O/c1-12-8-7-9(15-10(11)14-8)16(5-13-7)2-6-3-17-4-6/h5-6H,2-4H2,1H3,(H,12,14,15). The summed E-state index contributed by atoms with van der Waals surface area (Å²) in [5.74, 6) is 1.20. The van der Waals surface area contributed by atoms with Gasteiger partial charge in [0.2, 0.25) is 5.28 Å². The van der Waals surface area contributed by atoms with Crippen molar-refractivity contribution >= 4 is 28.6 Å². The van der Waals surface area contributed by atoms with E-state index in [2.05, 4.69) is 20.3 Å². The monoisotopic (exact) mass is 253 g/mol. The summed E-state index contributed by atoms with van der Waals surface area (Å²) in [6, 6.07) is 0. The lowest BCUT2D eigenvalue weighted by Gasteiger charge is -2.26. The van der Waals surface area contributed by atoms with Gasteiger partial charge in [-0.05, 0) is 11.6 Å². The van der Waals surface area contributed by atoms with Crippen molar-refractivity contribution in [2.75, 3.05) is 25.6 Å². The normalized spacial score (nSPS) is 16.1. The van der Waals surface area contributed by atoms with Crippen LogP contribution in [0.2, 0.25) is 5.28 Å². The lowest BCUT2D eigenvalue weighted by molar-refractivity contribution is -0.0390. The molecule has 0 radical (unpaired) electrons. The summed E-state index contributed by atoms with van der Waals surface area (Å²) in [7, 11) is 1.79. The van der Waals surface area contributed by atoms with E-state index in [1.807, 2.05) is 4.57 Å². The number of ether oxygens (including phenoxy) is 1. The number of imidazole rings is 1. The zero-order valence-electron chi connectivity index (χ0n) is 9.35. The smallest absolute Gasteiger partial charge is 0.226 e. The van der Waals surface area contributed by atoms with Gasteiger partial charge in [0, 0.05) is 19.5 Å². The Labute approximate surface area is 103 Å². The zero-order chi connectivity index (χ0) is 11.8. The highest BCUT2D eigenvalue weighted by Crippen LogP contribution is 2.22. The molecule has 0 aromatic carbocycles. The first-order valence-electron chi connectivity index (χ1n) is 5.42. The van der Waals surface area contributed by atoms with Crippen LogP contribution in [0.4, 0.5) is 5.82 Å². The second kappa shape index (κ2) is 4.12. The van der Waals surface area contributed by atoms with E-state index in [1.54, 1.807) is 13.4 Å². The molecule has 1 N–H and O–H groups in total. The van der Waals surface area contributed by atoms with Gasteiger partial charge in [-0.1, -0.05) is 0 Å². The van der Waals surface area contributed by atoms with Crippen molar-refractivity contribution in [1.82, 2.24) is 19.5 Å². The highest BCUT2D eigenvalue weighted by atomic mass is 35.5. The molecule has 0 saturated carbocycles. The quantitative estimate of drug-likeness (QED) is 0.832. The van der Waals surface area contributed by atoms with Crippen LogP contribution in [-0.2, 0) is 11.3 Å². The molecule has 6 nitrogen and oxygen atoms in total. The van der Waals surface area contributed by atoms with Crippen LogP contribution < -0.4 is 5.32 Å². The Morgan fingerprint density at radius 2 is 2.35 bits per heavy atom. The molecule has 0 aliphatic carbocycles. The minimum absolute atomic E-state index is 0.230. The third kappa shape index (κ3) is 1.83. The molecule has 1 aliphatic rings. The van der Waals surface area contributed by atoms with Gasteiger partial charge in [0.25, 0.3) is 0 Å². The van der Waals surface area contributed by atoms with E-state index >= 15 is 0 Å². The molecule has 1 saturated heterocycles. The van der Waals surface area contributed by atoms with Gasteiger partial charge >= 0.3 is 0 Å². The average molecular weight is 254 g/mol. The zero-order valence-corrected chi connectivity index (χ0v) is 10.1. The fraction of sp³-hybridized carbons (Fsp3) is 0.500. The minimum Gasteiger partial charge on any atom is -0.381 e. The molecule has 90 valence electrons. The van der Waals surface area contributed by atoms with Crippen LogP contribution in [0.3, 0.4) is 0 Å². The van der Waals surface area contributed by atoms with Gasteiger partial charge in [-0.3, -0.25) is 0 Å². The van der Waals surface area contributed by atoms with Gasteiger partial charge in [-0.25, -0.2) is 4.98 Å². The first-order valence-corrected chi connectivity index (χ1v) is 5.79. The maximum Gasteiger partial charge on any atom is 0.226 e. The Bertz CT molecular complexity index is 551.